The fraction of sp³-hybridized carbons (Fsp3) is 0.242. The number of carbonyl (C=O) groups excluding carboxylic acids is 1. The Morgan fingerprint density at radius 2 is 1.42 bits per heavy atom. The van der Waals surface area contributed by atoms with Crippen molar-refractivity contribution in [3.63, 3.8) is 0 Å². The molecule has 0 aromatic heterocycles. The molecule has 6 rings (SSSR count). The summed E-state index contributed by atoms with van der Waals surface area (Å²) in [4.78, 5) is 18.2. The minimum atomic E-state index is -0.295. The third-order valence-corrected chi connectivity index (χ3v) is 8.00. The number of amides is 1. The lowest BCUT2D eigenvalue weighted by molar-refractivity contribution is -0.136. The summed E-state index contributed by atoms with van der Waals surface area (Å²) >= 11 is 0. The van der Waals surface area contributed by atoms with Crippen LogP contribution in [0.25, 0.3) is 0 Å². The fourth-order valence-electron chi connectivity index (χ4n) is 6.08. The van der Waals surface area contributed by atoms with Crippen molar-refractivity contribution in [3.05, 3.63) is 142 Å². The van der Waals surface area contributed by atoms with Gasteiger partial charge in [-0.2, -0.15) is 0 Å². The first kappa shape index (κ1) is 24.5. The molecule has 1 amide bonds. The van der Waals surface area contributed by atoms with Crippen LogP contribution in [0.15, 0.2) is 97.1 Å². The van der Waals surface area contributed by atoms with Gasteiger partial charge in [0, 0.05) is 24.7 Å². The van der Waals surface area contributed by atoms with Gasteiger partial charge in [-0.25, -0.2) is 8.78 Å². The van der Waals surface area contributed by atoms with Crippen LogP contribution in [0.3, 0.4) is 0 Å². The molecule has 1 aliphatic carbocycles. The molecule has 1 unspecified atom stereocenters. The molecule has 0 N–H and O–H groups in total. The van der Waals surface area contributed by atoms with E-state index in [-0.39, 0.29) is 42.7 Å². The Labute approximate surface area is 222 Å². The summed E-state index contributed by atoms with van der Waals surface area (Å²) in [5.74, 6) is -0.591. The zero-order valence-corrected chi connectivity index (χ0v) is 21.2. The lowest BCUT2D eigenvalue weighted by Crippen LogP contribution is -2.48. The SMILES string of the molecule is O=C(CN1CCc2ccccc2C1c1ccc(F)cc1)N(Cc1ccccc1F)C1Cc2ccccc2C1. The lowest BCUT2D eigenvalue weighted by atomic mass is 9.88. The Balaban J connectivity index is 1.31. The summed E-state index contributed by atoms with van der Waals surface area (Å²) in [7, 11) is 0. The largest absolute Gasteiger partial charge is 0.333 e. The van der Waals surface area contributed by atoms with Gasteiger partial charge in [0.25, 0.3) is 0 Å². The van der Waals surface area contributed by atoms with E-state index < -0.39 is 0 Å². The number of hydrogen-bond acceptors (Lipinski definition) is 2. The Bertz CT molecular complexity index is 1430. The highest BCUT2D eigenvalue weighted by molar-refractivity contribution is 5.79. The highest BCUT2D eigenvalue weighted by atomic mass is 19.1. The second-order valence-corrected chi connectivity index (χ2v) is 10.3. The minimum absolute atomic E-state index is 0.0162. The van der Waals surface area contributed by atoms with Crippen molar-refractivity contribution >= 4 is 5.91 Å². The molecule has 0 spiro atoms. The van der Waals surface area contributed by atoms with Gasteiger partial charge in [0.1, 0.15) is 11.6 Å². The standard InChI is InChI=1S/C33H30F2N2O/c34-28-15-13-24(14-16-28)33-30-11-5-3-7-23(30)17-18-36(33)22-32(38)37(21-27-10-4-6-12-31(27)35)29-19-25-8-1-2-9-26(25)20-29/h1-16,29,33H,17-22H2. The molecule has 0 bridgehead atoms. The molecule has 3 nitrogen and oxygen atoms in total. The summed E-state index contributed by atoms with van der Waals surface area (Å²) in [6, 6.07) is 29.7. The van der Waals surface area contributed by atoms with Gasteiger partial charge in [0.15, 0.2) is 0 Å². The van der Waals surface area contributed by atoms with Gasteiger partial charge in [-0.05, 0) is 65.3 Å². The molecule has 1 heterocycles. The Kier molecular flexibility index (Phi) is 6.77. The number of nitrogens with zero attached hydrogens (tertiary/aromatic N) is 2. The number of fused-ring (bicyclic) bond motifs is 2. The number of benzene rings is 4. The van der Waals surface area contributed by atoms with Crippen LogP contribution in [0.2, 0.25) is 0 Å². The maximum Gasteiger partial charge on any atom is 0.237 e. The number of carbonyl (C=O) groups is 1. The molecule has 1 atom stereocenters. The van der Waals surface area contributed by atoms with Crippen molar-refractivity contribution < 1.29 is 13.6 Å². The molecule has 0 fully saturated rings. The van der Waals surface area contributed by atoms with Crippen LogP contribution in [0.5, 0.6) is 0 Å². The zero-order chi connectivity index (χ0) is 26.1. The normalized spacial score (nSPS) is 17.2. The fourth-order valence-corrected chi connectivity index (χ4v) is 6.08. The van der Waals surface area contributed by atoms with E-state index in [0.717, 1.165) is 30.4 Å². The van der Waals surface area contributed by atoms with E-state index in [1.54, 1.807) is 12.1 Å². The molecular weight excluding hydrogens is 478 g/mol. The summed E-state index contributed by atoms with van der Waals surface area (Å²) in [5.41, 5.74) is 6.38. The Hall–Kier alpha value is -3.83. The quantitative estimate of drug-likeness (QED) is 0.314. The van der Waals surface area contributed by atoms with Crippen LogP contribution in [0, 0.1) is 11.6 Å². The topological polar surface area (TPSA) is 23.6 Å². The monoisotopic (exact) mass is 508 g/mol. The summed E-state index contributed by atoms with van der Waals surface area (Å²) in [6.45, 7) is 1.15. The first-order valence-electron chi connectivity index (χ1n) is 13.2. The van der Waals surface area contributed by atoms with Crippen LogP contribution in [0.1, 0.15) is 39.4 Å². The summed E-state index contributed by atoms with van der Waals surface area (Å²) < 4.78 is 28.5. The second kappa shape index (κ2) is 10.5. The molecule has 0 radical (unpaired) electrons. The van der Waals surface area contributed by atoms with Gasteiger partial charge < -0.3 is 4.90 Å². The van der Waals surface area contributed by atoms with Crippen molar-refractivity contribution in [1.82, 2.24) is 9.80 Å². The summed E-state index contributed by atoms with van der Waals surface area (Å²) in [6.07, 6.45) is 2.37. The van der Waals surface area contributed by atoms with E-state index in [1.165, 1.54) is 34.9 Å². The first-order valence-corrected chi connectivity index (χ1v) is 13.2. The van der Waals surface area contributed by atoms with E-state index in [9.17, 15) is 13.6 Å². The second-order valence-electron chi connectivity index (χ2n) is 10.3. The van der Waals surface area contributed by atoms with Gasteiger partial charge in [-0.1, -0.05) is 78.9 Å². The van der Waals surface area contributed by atoms with Crippen LogP contribution in [-0.2, 0) is 30.6 Å². The van der Waals surface area contributed by atoms with E-state index in [2.05, 4.69) is 29.2 Å². The van der Waals surface area contributed by atoms with E-state index in [4.69, 9.17) is 0 Å². The van der Waals surface area contributed by atoms with Crippen LogP contribution in [0.4, 0.5) is 8.78 Å². The Morgan fingerprint density at radius 3 is 2.13 bits per heavy atom. The van der Waals surface area contributed by atoms with E-state index in [0.29, 0.717) is 12.1 Å². The zero-order valence-electron chi connectivity index (χ0n) is 21.2. The van der Waals surface area contributed by atoms with Gasteiger partial charge >= 0.3 is 0 Å². The van der Waals surface area contributed by atoms with Crippen LogP contribution in [-0.4, -0.2) is 34.8 Å². The third kappa shape index (κ3) is 4.86. The Morgan fingerprint density at radius 1 is 0.789 bits per heavy atom. The van der Waals surface area contributed by atoms with E-state index in [1.807, 2.05) is 47.4 Å². The summed E-state index contributed by atoms with van der Waals surface area (Å²) in [5, 5.41) is 0. The van der Waals surface area contributed by atoms with Gasteiger partial charge in [-0.3, -0.25) is 9.69 Å². The molecule has 0 saturated carbocycles. The van der Waals surface area contributed by atoms with E-state index >= 15 is 0 Å². The van der Waals surface area contributed by atoms with Gasteiger partial charge in [0.2, 0.25) is 5.91 Å². The number of rotatable bonds is 6. The van der Waals surface area contributed by atoms with Crippen molar-refractivity contribution in [2.75, 3.05) is 13.1 Å². The first-order chi connectivity index (χ1) is 18.6. The lowest BCUT2D eigenvalue weighted by Gasteiger charge is -2.39. The third-order valence-electron chi connectivity index (χ3n) is 8.00. The minimum Gasteiger partial charge on any atom is -0.333 e. The average molecular weight is 509 g/mol. The molecule has 4 aromatic carbocycles. The van der Waals surface area contributed by atoms with Crippen molar-refractivity contribution in [1.29, 1.82) is 0 Å². The molecule has 2 aliphatic rings. The maximum absolute atomic E-state index is 14.7. The maximum atomic E-state index is 14.7. The highest BCUT2D eigenvalue weighted by Gasteiger charge is 2.34. The number of hydrogen-bond donors (Lipinski definition) is 0. The molecule has 38 heavy (non-hydrogen) atoms. The van der Waals surface area contributed by atoms with Crippen molar-refractivity contribution in [2.45, 2.75) is 37.9 Å². The molecule has 0 saturated heterocycles. The van der Waals surface area contributed by atoms with Crippen molar-refractivity contribution in [3.8, 4) is 0 Å². The molecule has 192 valence electrons. The van der Waals surface area contributed by atoms with Crippen molar-refractivity contribution in [2.24, 2.45) is 0 Å². The van der Waals surface area contributed by atoms with Gasteiger partial charge in [0.05, 0.1) is 12.6 Å². The number of halogens is 2. The van der Waals surface area contributed by atoms with Crippen LogP contribution < -0.4 is 0 Å². The molecule has 4 aromatic rings. The predicted octanol–water partition coefficient (Wildman–Crippen LogP) is 6.11. The highest BCUT2D eigenvalue weighted by Crippen LogP contribution is 2.35. The molecule has 1 aliphatic heterocycles. The average Bonchev–Trinajstić information content (AvgIpc) is 3.37. The van der Waals surface area contributed by atoms with Gasteiger partial charge in [-0.15, -0.1) is 0 Å². The van der Waals surface area contributed by atoms with Crippen LogP contribution >= 0.6 is 0 Å². The molecular formula is C33H30F2N2O. The molecule has 5 heteroatoms. The smallest absolute Gasteiger partial charge is 0.237 e. The predicted molar refractivity (Wildman–Crippen MR) is 145 cm³/mol.